The highest BCUT2D eigenvalue weighted by atomic mass is 32.2. The summed E-state index contributed by atoms with van der Waals surface area (Å²) in [5, 5.41) is 74.5. The molecule has 0 heterocycles. The van der Waals surface area contributed by atoms with E-state index in [1.165, 1.54) is 25.7 Å². The number of carbonyl (C=O) groups is 3. The lowest BCUT2D eigenvalue weighted by molar-refractivity contribution is -0.203. The van der Waals surface area contributed by atoms with Gasteiger partial charge in [-0.15, -0.1) is 0 Å². The fourth-order valence-electron chi connectivity index (χ4n) is 29.4. The fraction of sp³-hybridized carbons (Fsp3) is 0.964. The highest BCUT2D eigenvalue weighted by molar-refractivity contribution is 7.85. The quantitative estimate of drug-likeness (QED) is 0.0375. The average molecular weight is 1490 g/mol. The van der Waals surface area contributed by atoms with Crippen molar-refractivity contribution in [2.45, 2.75) is 326 Å². The molecule has 12 fully saturated rings. The third-order valence-electron chi connectivity index (χ3n) is 34.4. The van der Waals surface area contributed by atoms with E-state index in [0.717, 1.165) is 148 Å². The Morgan fingerprint density at radius 2 is 0.699 bits per heavy atom. The summed E-state index contributed by atoms with van der Waals surface area (Å²) in [6.07, 6.45) is 28.0. The van der Waals surface area contributed by atoms with E-state index in [1.54, 1.807) is 0 Å². The maximum atomic E-state index is 12.2. The molecule has 0 aliphatic heterocycles. The second-order valence-corrected chi connectivity index (χ2v) is 42.1. The zero-order chi connectivity index (χ0) is 75.5. The molecule has 594 valence electrons. The Labute approximate surface area is 621 Å². The molecule has 12 saturated carbocycles. The summed E-state index contributed by atoms with van der Waals surface area (Å²) >= 11 is 0. The van der Waals surface area contributed by atoms with Crippen molar-refractivity contribution in [3.63, 3.8) is 0 Å². The Morgan fingerprint density at radius 1 is 0.417 bits per heavy atom. The molecule has 0 aromatic heterocycles. The molecule has 12 aliphatic rings. The Balaban J connectivity index is 0.000000166. The first kappa shape index (κ1) is 83.7. The van der Waals surface area contributed by atoms with Gasteiger partial charge in [-0.05, 0) is 317 Å². The predicted molar refractivity (Wildman–Crippen MR) is 403 cm³/mol. The molecule has 3 amide bonds. The predicted octanol–water partition coefficient (Wildman–Crippen LogP) is 13.8. The molecule has 18 nitrogen and oxygen atoms in total. The van der Waals surface area contributed by atoms with Gasteiger partial charge in [-0.1, -0.05) is 109 Å². The van der Waals surface area contributed by atoms with E-state index in [-0.39, 0.29) is 112 Å². The molecule has 12 rings (SSSR count). The highest BCUT2D eigenvalue weighted by Crippen LogP contribution is 2.74. The van der Waals surface area contributed by atoms with Gasteiger partial charge >= 0.3 is 7.60 Å². The topological polar surface area (TPSA) is 321 Å². The molecular formula is C83H146N3O15PS. The van der Waals surface area contributed by atoms with Gasteiger partial charge in [0.1, 0.15) is 12.2 Å². The Bertz CT molecular complexity index is 3050. The van der Waals surface area contributed by atoms with Crippen LogP contribution in [0.2, 0.25) is 0 Å². The van der Waals surface area contributed by atoms with E-state index in [4.69, 9.17) is 14.3 Å². The van der Waals surface area contributed by atoms with Gasteiger partial charge in [0.15, 0.2) is 0 Å². The van der Waals surface area contributed by atoms with E-state index in [0.29, 0.717) is 132 Å². The minimum absolute atomic E-state index is 0.141. The SMILES string of the molecule is CCCNC(=O)CC[C@@H](C)C1CCC2C3C(CC[C@@]21C)[C@@]1(C)CC[C@@H](O)C[C@H]1[C@@H](CC)[C@H]3O.CC[C@H]1[C@@H](O)C2C3CCC([C@H](C)CCC(=O)NCP(=O)(O)O)[C@@]3(C)CCC2[C@@]2(C)CC[C@@H](O)C[C@@H]12.CC[C@H]1[C@@H](O)C2C3CCC([C@H](C)CCC(=O)NCS(=O)(=O)O)[C@@]3(C)CCC2[C@@]2(C)CC[C@@H](O)C[C@@H]12. The lowest BCUT2D eigenvalue weighted by Crippen LogP contribution is -2.62. The number of rotatable bonds is 21. The smallest absolute Gasteiger partial charge is 0.344 e. The number of hydrogen-bond acceptors (Lipinski definition) is 12. The van der Waals surface area contributed by atoms with Crippen LogP contribution in [0.1, 0.15) is 289 Å². The number of carbonyl (C=O) groups excluding carboxylic acids is 3. The van der Waals surface area contributed by atoms with E-state index in [2.05, 4.69) is 106 Å². The summed E-state index contributed by atoms with van der Waals surface area (Å²) < 4.78 is 41.7. The van der Waals surface area contributed by atoms with Crippen LogP contribution in [-0.4, -0.2) is 126 Å². The second kappa shape index (κ2) is 32.9. The van der Waals surface area contributed by atoms with Crippen LogP contribution in [0.25, 0.3) is 0 Å². The minimum Gasteiger partial charge on any atom is -0.393 e. The standard InChI is InChI=1S/C29H51NO3.C27H48NO6P.C27H47NO6S/c1-6-16-30-25(32)11-8-18(3)21-9-10-22-26-23(13-15-28(21,22)4)29(5)14-12-19(31)17-24(29)20(7-2)27(26)33;2*1-5-18-22-14-17(29)10-12-27(22,4)21-11-13-26(3)19(7-8-20(26)24(21)25(18)31)16(2)6-9-23(30)28-15-35(32,33)34/h18-24,26-27,31,33H,6-17H2,1-5H3,(H,30,32);16-22,24-25,29,31H,5-15H2,1-4H3,(H,28,30)(H2,32,33,34);16-22,24-25,29,31H,5-15H2,1-4H3,(H,28,30)(H,32,33,34)/t18-,19-,20-,21?,22?,23?,24+,26?,27-,28-,29-;2*16-,17-,18-,19?,20?,21?,22+,24?,25-,26-,27-/m111/s1. The van der Waals surface area contributed by atoms with Gasteiger partial charge < -0.3 is 56.4 Å². The summed E-state index contributed by atoms with van der Waals surface area (Å²) in [5.74, 6) is 8.04. The van der Waals surface area contributed by atoms with Crippen LogP contribution in [0.4, 0.5) is 0 Å². The van der Waals surface area contributed by atoms with Crippen LogP contribution in [0, 0.1) is 157 Å². The van der Waals surface area contributed by atoms with Crippen molar-refractivity contribution in [3.8, 4) is 0 Å². The first-order chi connectivity index (χ1) is 48.3. The van der Waals surface area contributed by atoms with Crippen LogP contribution < -0.4 is 16.0 Å². The molecule has 12 N–H and O–H groups in total. The summed E-state index contributed by atoms with van der Waals surface area (Å²) in [6, 6.07) is 0. The van der Waals surface area contributed by atoms with Crippen molar-refractivity contribution in [3.05, 3.63) is 0 Å². The van der Waals surface area contributed by atoms with E-state index >= 15 is 0 Å². The first-order valence-corrected chi connectivity index (χ1v) is 45.6. The maximum Gasteiger partial charge on any atom is 0.344 e. The average Bonchev–Trinajstić information content (AvgIpc) is 1.71. The van der Waals surface area contributed by atoms with Gasteiger partial charge in [0.2, 0.25) is 17.7 Å². The van der Waals surface area contributed by atoms with Crippen LogP contribution in [0.15, 0.2) is 0 Å². The van der Waals surface area contributed by atoms with Gasteiger partial charge in [-0.25, -0.2) is 0 Å². The zero-order valence-electron chi connectivity index (χ0n) is 66.0. The van der Waals surface area contributed by atoms with Gasteiger partial charge in [-0.2, -0.15) is 8.42 Å². The largest absolute Gasteiger partial charge is 0.393 e. The number of aliphatic hydroxyl groups excluding tert-OH is 6. The van der Waals surface area contributed by atoms with Crippen LogP contribution in [0.3, 0.4) is 0 Å². The lowest BCUT2D eigenvalue weighted by Gasteiger charge is -2.64. The summed E-state index contributed by atoms with van der Waals surface area (Å²) in [6.45, 7) is 31.2. The summed E-state index contributed by atoms with van der Waals surface area (Å²) in [5.41, 5.74) is 1.25. The van der Waals surface area contributed by atoms with E-state index < -0.39 is 29.9 Å². The summed E-state index contributed by atoms with van der Waals surface area (Å²) in [7, 11) is -8.44. The maximum absolute atomic E-state index is 12.2. The zero-order valence-corrected chi connectivity index (χ0v) is 67.7. The van der Waals surface area contributed by atoms with Crippen LogP contribution in [0.5, 0.6) is 0 Å². The monoisotopic (exact) mass is 1490 g/mol. The Morgan fingerprint density at radius 3 is 0.981 bits per heavy atom. The van der Waals surface area contributed by atoms with Crippen molar-refractivity contribution < 1.29 is 72.3 Å². The molecule has 103 heavy (non-hydrogen) atoms. The van der Waals surface area contributed by atoms with Crippen molar-refractivity contribution in [2.75, 3.05) is 18.7 Å². The number of nitrogens with one attached hydrogen (secondary N) is 3. The van der Waals surface area contributed by atoms with Crippen molar-refractivity contribution in [1.29, 1.82) is 0 Å². The normalized spacial score (nSPS) is 46.8. The molecular weight excluding hydrogens is 1340 g/mol. The van der Waals surface area contributed by atoms with Crippen molar-refractivity contribution in [1.82, 2.24) is 16.0 Å². The van der Waals surface area contributed by atoms with E-state index in [9.17, 15) is 58.0 Å². The van der Waals surface area contributed by atoms with Crippen molar-refractivity contribution in [2.24, 2.45) is 157 Å². The number of aliphatic hydroxyl groups is 6. The Hall–Kier alpha value is -1.77. The van der Waals surface area contributed by atoms with E-state index in [1.807, 2.05) is 0 Å². The lowest BCUT2D eigenvalue weighted by atomic mass is 9.41. The molecule has 33 atom stereocenters. The molecule has 0 radical (unpaired) electrons. The third kappa shape index (κ3) is 16.5. The molecule has 0 saturated heterocycles. The summed E-state index contributed by atoms with van der Waals surface area (Å²) in [4.78, 5) is 54.5. The molecule has 0 spiro atoms. The fourth-order valence-corrected chi connectivity index (χ4v) is 30.1. The van der Waals surface area contributed by atoms with Crippen LogP contribution in [-0.2, 0) is 29.1 Å². The molecule has 12 aliphatic carbocycles. The van der Waals surface area contributed by atoms with Gasteiger partial charge in [0.25, 0.3) is 10.1 Å². The number of fused-ring (bicyclic) bond motifs is 15. The van der Waals surface area contributed by atoms with Crippen LogP contribution >= 0.6 is 7.60 Å². The first-order valence-electron chi connectivity index (χ1n) is 42.2. The molecule has 20 heteroatoms. The number of amides is 3. The second-order valence-electron chi connectivity index (χ2n) is 39.0. The number of hydrogen-bond donors (Lipinski definition) is 12. The van der Waals surface area contributed by atoms with Crippen molar-refractivity contribution >= 4 is 35.4 Å². The Kier molecular flexibility index (Phi) is 26.7. The molecule has 0 aromatic carbocycles. The minimum atomic E-state index is -4.23. The molecule has 12 unspecified atom stereocenters. The molecule has 0 bridgehead atoms. The highest BCUT2D eigenvalue weighted by Gasteiger charge is 2.69. The van der Waals surface area contributed by atoms with Gasteiger partial charge in [0.05, 0.1) is 36.6 Å². The van der Waals surface area contributed by atoms with Gasteiger partial charge in [-0.3, -0.25) is 23.5 Å². The van der Waals surface area contributed by atoms with Gasteiger partial charge in [0, 0.05) is 25.8 Å². The molecule has 0 aromatic rings. The third-order valence-corrected chi connectivity index (χ3v) is 35.5.